The van der Waals surface area contributed by atoms with Crippen LogP contribution in [-0.2, 0) is 0 Å². The summed E-state index contributed by atoms with van der Waals surface area (Å²) < 4.78 is 1.61. The zero-order valence-corrected chi connectivity index (χ0v) is 10.4. The maximum atomic E-state index is 8.11. The summed E-state index contributed by atoms with van der Waals surface area (Å²) >= 11 is 0. The Bertz CT molecular complexity index is 989. The van der Waals surface area contributed by atoms with Gasteiger partial charge in [-0.15, -0.1) is 0 Å². The SMILES string of the molecule is N=c1nc2nc[nH]c2c(N)n1-c1cccc2[nH]ccc12. The van der Waals surface area contributed by atoms with Crippen molar-refractivity contribution in [3.05, 3.63) is 42.4 Å². The summed E-state index contributed by atoms with van der Waals surface area (Å²) in [7, 11) is 0. The van der Waals surface area contributed by atoms with E-state index >= 15 is 0 Å². The Morgan fingerprint density at radius 2 is 2.10 bits per heavy atom. The van der Waals surface area contributed by atoms with Gasteiger partial charge in [-0.2, -0.15) is 4.98 Å². The number of nitrogens with two attached hydrogens (primary N) is 1. The largest absolute Gasteiger partial charge is 0.383 e. The molecule has 0 aliphatic carbocycles. The molecule has 4 rings (SSSR count). The number of hydrogen-bond acceptors (Lipinski definition) is 4. The maximum Gasteiger partial charge on any atom is 0.230 e. The molecule has 4 aromatic rings. The molecule has 0 aliphatic heterocycles. The molecule has 0 radical (unpaired) electrons. The molecule has 0 unspecified atom stereocenters. The lowest BCUT2D eigenvalue weighted by Crippen LogP contribution is -2.24. The Morgan fingerprint density at radius 1 is 1.20 bits per heavy atom. The monoisotopic (exact) mass is 265 g/mol. The summed E-state index contributed by atoms with van der Waals surface area (Å²) in [5.41, 5.74) is 9.11. The number of H-pyrrole nitrogens is 2. The molecular formula is C13H11N7. The fraction of sp³-hybridized carbons (Fsp3) is 0. The average Bonchev–Trinajstić information content (AvgIpc) is 3.06. The van der Waals surface area contributed by atoms with Crippen molar-refractivity contribution in [3.63, 3.8) is 0 Å². The number of aromatic amines is 2. The molecular weight excluding hydrogens is 254 g/mol. The van der Waals surface area contributed by atoms with Crippen LogP contribution in [0.1, 0.15) is 0 Å². The molecule has 20 heavy (non-hydrogen) atoms. The highest BCUT2D eigenvalue weighted by molar-refractivity contribution is 5.90. The van der Waals surface area contributed by atoms with Crippen LogP contribution in [0.25, 0.3) is 27.8 Å². The number of nitrogens with one attached hydrogen (secondary N) is 3. The molecule has 3 aromatic heterocycles. The Balaban J connectivity index is 2.17. The summed E-state index contributed by atoms with van der Waals surface area (Å²) in [5.74, 6) is 0.422. The highest BCUT2D eigenvalue weighted by Crippen LogP contribution is 2.23. The number of rotatable bonds is 1. The standard InChI is InChI=1S/C13H11N7/c14-11-10-12(18-6-17-10)19-13(15)20(11)9-3-1-2-8-7(9)4-5-16-8/h1-6,16H,14H2,(H2,15,17,18,19). The number of fused-ring (bicyclic) bond motifs is 2. The molecule has 0 spiro atoms. The van der Waals surface area contributed by atoms with Gasteiger partial charge in [0.2, 0.25) is 5.62 Å². The topological polar surface area (TPSA) is 112 Å². The van der Waals surface area contributed by atoms with Gasteiger partial charge in [0.05, 0.1) is 12.0 Å². The summed E-state index contributed by atoms with van der Waals surface area (Å²) in [4.78, 5) is 14.3. The third kappa shape index (κ3) is 1.31. The van der Waals surface area contributed by atoms with E-state index in [1.165, 1.54) is 6.33 Å². The first-order chi connectivity index (χ1) is 9.75. The Morgan fingerprint density at radius 3 is 3.00 bits per heavy atom. The lowest BCUT2D eigenvalue weighted by molar-refractivity contribution is 0.879. The van der Waals surface area contributed by atoms with E-state index in [0.717, 1.165) is 16.6 Å². The fourth-order valence-electron chi connectivity index (χ4n) is 2.44. The predicted octanol–water partition coefficient (Wildman–Crippen LogP) is 1.29. The second-order valence-electron chi connectivity index (χ2n) is 4.47. The summed E-state index contributed by atoms with van der Waals surface area (Å²) in [6.07, 6.45) is 3.38. The van der Waals surface area contributed by atoms with Crippen LogP contribution in [0.5, 0.6) is 0 Å². The smallest absolute Gasteiger partial charge is 0.230 e. The van der Waals surface area contributed by atoms with Gasteiger partial charge in [0.1, 0.15) is 11.3 Å². The normalized spacial score (nSPS) is 11.4. The van der Waals surface area contributed by atoms with Crippen LogP contribution < -0.4 is 11.4 Å². The molecule has 3 heterocycles. The highest BCUT2D eigenvalue weighted by atomic mass is 15.2. The minimum absolute atomic E-state index is 0.0517. The quantitative estimate of drug-likeness (QED) is 0.416. The first-order valence-electron chi connectivity index (χ1n) is 6.08. The van der Waals surface area contributed by atoms with Crippen LogP contribution in [0, 0.1) is 5.41 Å². The average molecular weight is 265 g/mol. The second kappa shape index (κ2) is 3.70. The van der Waals surface area contributed by atoms with E-state index in [2.05, 4.69) is 19.9 Å². The van der Waals surface area contributed by atoms with Crippen LogP contribution in [0.15, 0.2) is 36.8 Å². The van der Waals surface area contributed by atoms with Crippen molar-refractivity contribution in [1.29, 1.82) is 5.41 Å². The second-order valence-corrected chi connectivity index (χ2v) is 4.47. The van der Waals surface area contributed by atoms with E-state index in [9.17, 15) is 0 Å². The maximum absolute atomic E-state index is 8.11. The minimum Gasteiger partial charge on any atom is -0.383 e. The number of anilines is 1. The van der Waals surface area contributed by atoms with Crippen LogP contribution in [0.2, 0.25) is 0 Å². The van der Waals surface area contributed by atoms with Crippen molar-refractivity contribution >= 4 is 27.9 Å². The number of aromatic nitrogens is 5. The molecule has 0 saturated heterocycles. The number of nitrogens with zero attached hydrogens (tertiary/aromatic N) is 3. The highest BCUT2D eigenvalue weighted by Gasteiger charge is 2.12. The van der Waals surface area contributed by atoms with Crippen LogP contribution in [0.3, 0.4) is 0 Å². The minimum atomic E-state index is 0.0517. The summed E-state index contributed by atoms with van der Waals surface area (Å²) in [6.45, 7) is 0. The van der Waals surface area contributed by atoms with Gasteiger partial charge in [-0.05, 0) is 18.2 Å². The van der Waals surface area contributed by atoms with Gasteiger partial charge < -0.3 is 15.7 Å². The van der Waals surface area contributed by atoms with Gasteiger partial charge in [-0.3, -0.25) is 9.98 Å². The van der Waals surface area contributed by atoms with Crippen molar-refractivity contribution in [2.24, 2.45) is 0 Å². The van der Waals surface area contributed by atoms with Crippen molar-refractivity contribution in [2.45, 2.75) is 0 Å². The molecule has 1 aromatic carbocycles. The first-order valence-corrected chi connectivity index (χ1v) is 6.08. The number of benzene rings is 1. The molecule has 0 aliphatic rings. The molecule has 5 N–H and O–H groups in total. The molecule has 0 saturated carbocycles. The predicted molar refractivity (Wildman–Crippen MR) is 75.3 cm³/mol. The fourth-order valence-corrected chi connectivity index (χ4v) is 2.44. The molecule has 0 amide bonds. The zero-order chi connectivity index (χ0) is 13.7. The molecule has 0 bridgehead atoms. The third-order valence-electron chi connectivity index (χ3n) is 3.35. The number of imidazole rings is 1. The zero-order valence-electron chi connectivity index (χ0n) is 10.4. The summed E-state index contributed by atoms with van der Waals surface area (Å²) in [5, 5.41) is 9.09. The lowest BCUT2D eigenvalue weighted by atomic mass is 10.2. The van der Waals surface area contributed by atoms with E-state index in [-0.39, 0.29) is 5.62 Å². The third-order valence-corrected chi connectivity index (χ3v) is 3.35. The Hall–Kier alpha value is -3.09. The molecule has 0 atom stereocenters. The van der Waals surface area contributed by atoms with Gasteiger partial charge >= 0.3 is 0 Å². The van der Waals surface area contributed by atoms with E-state index < -0.39 is 0 Å². The van der Waals surface area contributed by atoms with Gasteiger partial charge in [-0.1, -0.05) is 6.07 Å². The lowest BCUT2D eigenvalue weighted by Gasteiger charge is -2.11. The molecule has 7 nitrogen and oxygen atoms in total. The first kappa shape index (κ1) is 10.8. The van der Waals surface area contributed by atoms with Crippen molar-refractivity contribution < 1.29 is 0 Å². The van der Waals surface area contributed by atoms with Crippen LogP contribution in [-0.4, -0.2) is 24.5 Å². The number of nitrogen functional groups attached to an aromatic ring is 1. The van der Waals surface area contributed by atoms with Crippen molar-refractivity contribution in [1.82, 2.24) is 24.5 Å². The van der Waals surface area contributed by atoms with Crippen molar-refractivity contribution in [2.75, 3.05) is 5.73 Å². The van der Waals surface area contributed by atoms with Gasteiger partial charge in [0.25, 0.3) is 0 Å². The molecule has 7 heteroatoms. The number of hydrogen-bond donors (Lipinski definition) is 4. The Kier molecular flexibility index (Phi) is 2.00. The van der Waals surface area contributed by atoms with Gasteiger partial charge in [0.15, 0.2) is 5.65 Å². The van der Waals surface area contributed by atoms with Crippen LogP contribution >= 0.6 is 0 Å². The van der Waals surface area contributed by atoms with Crippen LogP contribution in [0.4, 0.5) is 5.82 Å². The molecule has 0 fully saturated rings. The van der Waals surface area contributed by atoms with Gasteiger partial charge in [-0.25, -0.2) is 4.98 Å². The van der Waals surface area contributed by atoms with Crippen molar-refractivity contribution in [3.8, 4) is 5.69 Å². The van der Waals surface area contributed by atoms with Gasteiger partial charge in [0, 0.05) is 17.1 Å². The van der Waals surface area contributed by atoms with E-state index in [4.69, 9.17) is 11.1 Å². The van der Waals surface area contributed by atoms with E-state index in [0.29, 0.717) is 17.0 Å². The molecule has 98 valence electrons. The van der Waals surface area contributed by atoms with E-state index in [1.54, 1.807) is 4.57 Å². The summed E-state index contributed by atoms with van der Waals surface area (Å²) in [6, 6.07) is 7.75. The van der Waals surface area contributed by atoms with E-state index in [1.807, 2.05) is 30.5 Å². The Labute approximate surface area is 112 Å².